The van der Waals surface area contributed by atoms with Crippen LogP contribution in [0.15, 0.2) is 6.33 Å². The Kier molecular flexibility index (Phi) is 3.96. The molecule has 2 rings (SSSR count). The number of anilines is 1. The molecule has 2 aromatic rings. The molecule has 0 bridgehead atoms. The summed E-state index contributed by atoms with van der Waals surface area (Å²) in [6.45, 7) is 3.77. The lowest BCUT2D eigenvalue weighted by molar-refractivity contribution is 0.0625. The minimum absolute atomic E-state index is 0.0488. The zero-order valence-corrected chi connectivity index (χ0v) is 11.1. The summed E-state index contributed by atoms with van der Waals surface area (Å²) in [4.78, 5) is 12.4. The largest absolute Gasteiger partial charge is 0.396 e. The van der Waals surface area contributed by atoms with Crippen LogP contribution < -0.4 is 5.73 Å². The third-order valence-electron chi connectivity index (χ3n) is 3.26. The highest BCUT2D eigenvalue weighted by molar-refractivity contribution is 5.81. The summed E-state index contributed by atoms with van der Waals surface area (Å²) in [6, 6.07) is 0. The monoisotopic (exact) mass is 265 g/mol. The molecule has 104 valence electrons. The van der Waals surface area contributed by atoms with E-state index < -0.39 is 6.23 Å². The van der Waals surface area contributed by atoms with E-state index in [0.717, 1.165) is 6.42 Å². The van der Waals surface area contributed by atoms with Gasteiger partial charge in [-0.05, 0) is 19.3 Å². The van der Waals surface area contributed by atoms with Crippen molar-refractivity contribution in [3.8, 4) is 0 Å². The normalized spacial score (nSPS) is 14.7. The van der Waals surface area contributed by atoms with Crippen LogP contribution in [0.3, 0.4) is 0 Å². The molecule has 2 unspecified atom stereocenters. The van der Waals surface area contributed by atoms with Gasteiger partial charge in [0, 0.05) is 6.61 Å². The van der Waals surface area contributed by atoms with E-state index in [-0.39, 0.29) is 12.5 Å². The quantitative estimate of drug-likeness (QED) is 0.731. The molecule has 7 heteroatoms. The summed E-state index contributed by atoms with van der Waals surface area (Å²) in [7, 11) is 0. The van der Waals surface area contributed by atoms with E-state index in [9.17, 15) is 10.2 Å². The van der Waals surface area contributed by atoms with Crippen molar-refractivity contribution >= 4 is 17.0 Å². The third-order valence-corrected chi connectivity index (χ3v) is 3.26. The summed E-state index contributed by atoms with van der Waals surface area (Å²) >= 11 is 0. The van der Waals surface area contributed by atoms with Crippen molar-refractivity contribution in [2.24, 2.45) is 5.92 Å². The van der Waals surface area contributed by atoms with Crippen molar-refractivity contribution in [3.05, 3.63) is 12.2 Å². The van der Waals surface area contributed by atoms with Crippen LogP contribution in [0.2, 0.25) is 0 Å². The Labute approximate surface area is 111 Å². The minimum atomic E-state index is -0.782. The Morgan fingerprint density at radius 1 is 1.42 bits per heavy atom. The minimum Gasteiger partial charge on any atom is -0.396 e. The first-order valence-corrected chi connectivity index (χ1v) is 6.32. The van der Waals surface area contributed by atoms with E-state index >= 15 is 0 Å². The Morgan fingerprint density at radius 3 is 2.79 bits per heavy atom. The van der Waals surface area contributed by atoms with Gasteiger partial charge >= 0.3 is 0 Å². The third kappa shape index (κ3) is 2.66. The smallest absolute Gasteiger partial charge is 0.167 e. The van der Waals surface area contributed by atoms with Gasteiger partial charge in [-0.2, -0.15) is 0 Å². The van der Waals surface area contributed by atoms with Crippen molar-refractivity contribution in [2.75, 3.05) is 12.3 Å². The molecular weight excluding hydrogens is 246 g/mol. The number of rotatable bonds is 5. The highest BCUT2D eigenvalue weighted by atomic mass is 16.3. The van der Waals surface area contributed by atoms with E-state index in [1.54, 1.807) is 11.5 Å². The molecule has 0 fully saturated rings. The lowest BCUT2D eigenvalue weighted by atomic mass is 10.0. The zero-order valence-electron chi connectivity index (χ0n) is 11.1. The van der Waals surface area contributed by atoms with Gasteiger partial charge in [-0.1, -0.05) is 13.3 Å². The first-order chi connectivity index (χ1) is 9.06. The molecule has 0 aromatic carbocycles. The van der Waals surface area contributed by atoms with Crippen molar-refractivity contribution in [3.63, 3.8) is 0 Å². The topological polar surface area (TPSA) is 110 Å². The molecule has 0 aliphatic carbocycles. The number of nitrogens with zero attached hydrogens (tertiary/aromatic N) is 4. The van der Waals surface area contributed by atoms with Gasteiger partial charge in [-0.3, -0.25) is 4.57 Å². The van der Waals surface area contributed by atoms with Crippen molar-refractivity contribution in [2.45, 2.75) is 32.9 Å². The van der Waals surface area contributed by atoms with Gasteiger partial charge in [0.15, 0.2) is 11.5 Å². The van der Waals surface area contributed by atoms with Crippen LogP contribution >= 0.6 is 0 Å². The first kappa shape index (κ1) is 13.7. The van der Waals surface area contributed by atoms with Crippen LogP contribution in [-0.4, -0.2) is 36.3 Å². The average Bonchev–Trinajstić information content (AvgIpc) is 2.79. The second-order valence-electron chi connectivity index (χ2n) is 4.65. The maximum absolute atomic E-state index is 10.2. The maximum atomic E-state index is 10.2. The van der Waals surface area contributed by atoms with Crippen LogP contribution in [0, 0.1) is 12.8 Å². The molecule has 2 aromatic heterocycles. The van der Waals surface area contributed by atoms with Crippen LogP contribution in [0.4, 0.5) is 5.82 Å². The molecule has 7 nitrogen and oxygen atoms in total. The van der Waals surface area contributed by atoms with E-state index in [4.69, 9.17) is 5.73 Å². The van der Waals surface area contributed by atoms with Crippen LogP contribution in [-0.2, 0) is 0 Å². The molecule has 0 saturated carbocycles. The number of aromatic nitrogens is 4. The number of imidazole rings is 1. The summed E-state index contributed by atoms with van der Waals surface area (Å²) in [5.41, 5.74) is 6.78. The maximum Gasteiger partial charge on any atom is 0.167 e. The number of hydrogen-bond donors (Lipinski definition) is 3. The number of aliphatic hydroxyl groups is 2. The van der Waals surface area contributed by atoms with E-state index in [1.165, 1.54) is 6.33 Å². The van der Waals surface area contributed by atoms with Crippen LogP contribution in [0.1, 0.15) is 31.8 Å². The molecule has 0 radical (unpaired) electrons. The molecule has 0 spiro atoms. The molecule has 2 atom stereocenters. The van der Waals surface area contributed by atoms with Crippen LogP contribution in [0.5, 0.6) is 0 Å². The number of fused-ring (bicyclic) bond motifs is 1. The number of nitrogens with two attached hydrogens (primary N) is 1. The molecule has 0 aliphatic heterocycles. The van der Waals surface area contributed by atoms with Gasteiger partial charge in [0.1, 0.15) is 17.6 Å². The Balaban J connectivity index is 2.34. The average molecular weight is 265 g/mol. The molecular formula is C12H19N5O2. The zero-order chi connectivity index (χ0) is 14.0. The number of nitrogen functional groups attached to an aromatic ring is 1. The Morgan fingerprint density at radius 2 is 2.16 bits per heavy atom. The molecule has 2 heterocycles. The highest BCUT2D eigenvalue weighted by Crippen LogP contribution is 2.23. The van der Waals surface area contributed by atoms with Gasteiger partial charge in [0.2, 0.25) is 0 Å². The summed E-state index contributed by atoms with van der Waals surface area (Å²) in [5.74, 6) is 0.892. The SMILES string of the molecule is CCC(CO)CC(O)n1cnc2c(N)nc(C)nc21. The fraction of sp³-hybridized carbons (Fsp3) is 0.583. The number of aliphatic hydroxyl groups excluding tert-OH is 2. The van der Waals surface area contributed by atoms with Crippen molar-refractivity contribution in [1.29, 1.82) is 0 Å². The number of hydrogen-bond acceptors (Lipinski definition) is 6. The van der Waals surface area contributed by atoms with Gasteiger partial charge in [0.25, 0.3) is 0 Å². The predicted molar refractivity (Wildman–Crippen MR) is 71.2 cm³/mol. The predicted octanol–water partition coefficient (Wildman–Crippen LogP) is 0.616. The highest BCUT2D eigenvalue weighted by Gasteiger charge is 2.18. The molecule has 0 amide bonds. The second-order valence-corrected chi connectivity index (χ2v) is 4.65. The second kappa shape index (κ2) is 5.50. The summed E-state index contributed by atoms with van der Waals surface area (Å²) < 4.78 is 1.57. The standard InChI is InChI=1S/C12H19N5O2/c1-3-8(5-18)4-9(19)17-6-14-10-11(13)15-7(2)16-12(10)17/h6,8-9,18-19H,3-5H2,1-2H3,(H2,13,15,16). The number of aryl methyl sites for hydroxylation is 1. The molecule has 0 saturated heterocycles. The Hall–Kier alpha value is -1.73. The molecule has 0 aliphatic rings. The van der Waals surface area contributed by atoms with E-state index in [1.807, 2.05) is 6.92 Å². The summed E-state index contributed by atoms with van der Waals surface area (Å²) in [6.07, 6.45) is 1.97. The van der Waals surface area contributed by atoms with Gasteiger partial charge in [-0.25, -0.2) is 15.0 Å². The fourth-order valence-electron chi connectivity index (χ4n) is 2.05. The molecule has 19 heavy (non-hydrogen) atoms. The lowest BCUT2D eigenvalue weighted by Crippen LogP contribution is -2.15. The van der Waals surface area contributed by atoms with E-state index in [2.05, 4.69) is 15.0 Å². The summed E-state index contributed by atoms with van der Waals surface area (Å²) in [5, 5.41) is 19.4. The van der Waals surface area contributed by atoms with Gasteiger partial charge < -0.3 is 15.9 Å². The Bertz CT molecular complexity index is 564. The fourth-order valence-corrected chi connectivity index (χ4v) is 2.05. The van der Waals surface area contributed by atoms with E-state index in [0.29, 0.717) is 29.2 Å². The van der Waals surface area contributed by atoms with Gasteiger partial charge in [-0.15, -0.1) is 0 Å². The first-order valence-electron chi connectivity index (χ1n) is 6.32. The van der Waals surface area contributed by atoms with Gasteiger partial charge in [0.05, 0.1) is 6.33 Å². The van der Waals surface area contributed by atoms with Crippen molar-refractivity contribution < 1.29 is 10.2 Å². The lowest BCUT2D eigenvalue weighted by Gasteiger charge is -2.18. The van der Waals surface area contributed by atoms with Crippen molar-refractivity contribution in [1.82, 2.24) is 19.5 Å². The van der Waals surface area contributed by atoms with Crippen LogP contribution in [0.25, 0.3) is 11.2 Å². The molecule has 4 N–H and O–H groups in total.